The molecule has 1 unspecified atom stereocenters. The van der Waals surface area contributed by atoms with Crippen LogP contribution in [-0.2, 0) is 0 Å². The highest BCUT2D eigenvalue weighted by molar-refractivity contribution is 6.31. The molecule has 18 heavy (non-hydrogen) atoms. The molecular weight excluding hydrogens is 244 g/mol. The first-order valence-corrected chi connectivity index (χ1v) is 7.06. The van der Waals surface area contributed by atoms with E-state index in [-0.39, 0.29) is 5.54 Å². The first kappa shape index (κ1) is 13.7. The van der Waals surface area contributed by atoms with E-state index in [2.05, 4.69) is 44.0 Å². The van der Waals surface area contributed by atoms with Gasteiger partial charge in [-0.25, -0.2) is 0 Å². The fourth-order valence-electron chi connectivity index (χ4n) is 2.94. The Bertz CT molecular complexity index is 429. The van der Waals surface area contributed by atoms with Crippen molar-refractivity contribution in [2.75, 3.05) is 18.0 Å². The van der Waals surface area contributed by atoms with E-state index in [1.807, 2.05) is 12.1 Å². The van der Waals surface area contributed by atoms with Gasteiger partial charge in [-0.1, -0.05) is 17.7 Å². The third kappa shape index (κ3) is 2.50. The van der Waals surface area contributed by atoms with Gasteiger partial charge in [-0.15, -0.1) is 0 Å². The lowest BCUT2D eigenvalue weighted by atomic mass is 9.98. The maximum absolute atomic E-state index is 6.27. The topological polar surface area (TPSA) is 15.3 Å². The zero-order chi connectivity index (χ0) is 13.3. The maximum atomic E-state index is 6.27. The summed E-state index contributed by atoms with van der Waals surface area (Å²) in [5.41, 5.74) is 2.55. The number of nitrogens with zero attached hydrogens (tertiary/aromatic N) is 1. The third-order valence-electron chi connectivity index (χ3n) is 3.89. The zero-order valence-electron chi connectivity index (χ0n) is 11.8. The fourth-order valence-corrected chi connectivity index (χ4v) is 3.11. The van der Waals surface area contributed by atoms with Crippen molar-refractivity contribution in [3.63, 3.8) is 0 Å². The quantitative estimate of drug-likeness (QED) is 0.835. The smallest absolute Gasteiger partial charge is 0.0473 e. The molecular formula is C15H23ClN2. The largest absolute Gasteiger partial charge is 0.362 e. The summed E-state index contributed by atoms with van der Waals surface area (Å²) in [6.45, 7) is 11.1. The third-order valence-corrected chi connectivity index (χ3v) is 4.30. The standard InChI is InChI=1S/C15H23ClN2/c1-11-8-9-17-10-15(3,4)18(11)14-7-5-6-13(16)12(14)2/h5-7,11,17H,8-10H2,1-4H3. The highest BCUT2D eigenvalue weighted by atomic mass is 35.5. The normalized spacial score (nSPS) is 23.8. The van der Waals surface area contributed by atoms with Crippen LogP contribution in [0.2, 0.25) is 5.02 Å². The first-order chi connectivity index (χ1) is 8.43. The molecule has 100 valence electrons. The van der Waals surface area contributed by atoms with Gasteiger partial charge in [0, 0.05) is 28.8 Å². The number of anilines is 1. The molecule has 1 aliphatic heterocycles. The molecule has 2 rings (SSSR count). The van der Waals surface area contributed by atoms with Crippen molar-refractivity contribution in [2.24, 2.45) is 0 Å². The van der Waals surface area contributed by atoms with Gasteiger partial charge in [0.25, 0.3) is 0 Å². The van der Waals surface area contributed by atoms with Crippen LogP contribution in [0.4, 0.5) is 5.69 Å². The van der Waals surface area contributed by atoms with Crippen molar-refractivity contribution >= 4 is 17.3 Å². The van der Waals surface area contributed by atoms with E-state index in [4.69, 9.17) is 11.6 Å². The molecule has 0 radical (unpaired) electrons. The maximum Gasteiger partial charge on any atom is 0.0473 e. The van der Waals surface area contributed by atoms with Crippen LogP contribution >= 0.6 is 11.6 Å². The molecule has 1 aliphatic rings. The molecule has 0 saturated carbocycles. The molecule has 0 spiro atoms. The summed E-state index contributed by atoms with van der Waals surface area (Å²) < 4.78 is 0. The molecule has 0 amide bonds. The van der Waals surface area contributed by atoms with Gasteiger partial charge in [-0.05, 0) is 58.4 Å². The lowest BCUT2D eigenvalue weighted by Crippen LogP contribution is -2.52. The second-order valence-corrected chi connectivity index (χ2v) is 6.29. The number of benzene rings is 1. The Balaban J connectivity index is 2.47. The molecule has 1 aromatic carbocycles. The summed E-state index contributed by atoms with van der Waals surface area (Å²) in [6.07, 6.45) is 1.16. The number of nitrogens with one attached hydrogen (secondary N) is 1. The first-order valence-electron chi connectivity index (χ1n) is 6.68. The summed E-state index contributed by atoms with van der Waals surface area (Å²) in [5.74, 6) is 0. The van der Waals surface area contributed by atoms with Crippen LogP contribution in [0, 0.1) is 6.92 Å². The van der Waals surface area contributed by atoms with Crippen molar-refractivity contribution < 1.29 is 0 Å². The van der Waals surface area contributed by atoms with Crippen molar-refractivity contribution in [1.82, 2.24) is 5.32 Å². The Morgan fingerprint density at radius 1 is 1.39 bits per heavy atom. The molecule has 1 heterocycles. The zero-order valence-corrected chi connectivity index (χ0v) is 12.5. The van der Waals surface area contributed by atoms with E-state index in [1.165, 1.54) is 11.3 Å². The molecule has 0 aliphatic carbocycles. The minimum Gasteiger partial charge on any atom is -0.362 e. The Morgan fingerprint density at radius 2 is 2.11 bits per heavy atom. The van der Waals surface area contributed by atoms with Gasteiger partial charge in [-0.2, -0.15) is 0 Å². The van der Waals surface area contributed by atoms with E-state index in [1.54, 1.807) is 0 Å². The monoisotopic (exact) mass is 266 g/mol. The van der Waals surface area contributed by atoms with Crippen LogP contribution in [0.25, 0.3) is 0 Å². The van der Waals surface area contributed by atoms with Gasteiger partial charge in [0.15, 0.2) is 0 Å². The minimum atomic E-state index is 0.103. The lowest BCUT2D eigenvalue weighted by molar-refractivity contribution is 0.432. The number of rotatable bonds is 1. The van der Waals surface area contributed by atoms with Crippen molar-refractivity contribution in [2.45, 2.75) is 45.7 Å². The van der Waals surface area contributed by atoms with Crippen LogP contribution in [0.3, 0.4) is 0 Å². The number of hydrogen-bond acceptors (Lipinski definition) is 2. The molecule has 2 nitrogen and oxygen atoms in total. The van der Waals surface area contributed by atoms with Gasteiger partial charge in [0.2, 0.25) is 0 Å². The van der Waals surface area contributed by atoms with Crippen molar-refractivity contribution in [3.8, 4) is 0 Å². The van der Waals surface area contributed by atoms with Gasteiger partial charge in [-0.3, -0.25) is 0 Å². The summed E-state index contributed by atoms with van der Waals surface area (Å²) >= 11 is 6.27. The molecule has 0 bridgehead atoms. The molecule has 0 aromatic heterocycles. The van der Waals surface area contributed by atoms with Gasteiger partial charge < -0.3 is 10.2 Å². The van der Waals surface area contributed by atoms with Crippen LogP contribution in [-0.4, -0.2) is 24.7 Å². The average Bonchev–Trinajstić information content (AvgIpc) is 2.42. The molecule has 3 heteroatoms. The fraction of sp³-hybridized carbons (Fsp3) is 0.600. The summed E-state index contributed by atoms with van der Waals surface area (Å²) in [5, 5.41) is 4.38. The number of hydrogen-bond donors (Lipinski definition) is 1. The Kier molecular flexibility index (Phi) is 3.88. The summed E-state index contributed by atoms with van der Waals surface area (Å²) in [6, 6.07) is 6.72. The summed E-state index contributed by atoms with van der Waals surface area (Å²) in [4.78, 5) is 2.52. The minimum absolute atomic E-state index is 0.103. The van der Waals surface area contributed by atoms with Crippen LogP contribution in [0.5, 0.6) is 0 Å². The van der Waals surface area contributed by atoms with E-state index in [0.29, 0.717) is 6.04 Å². The molecule has 1 fully saturated rings. The Morgan fingerprint density at radius 3 is 2.83 bits per heavy atom. The lowest BCUT2D eigenvalue weighted by Gasteiger charge is -2.43. The van der Waals surface area contributed by atoms with Gasteiger partial charge >= 0.3 is 0 Å². The van der Waals surface area contributed by atoms with E-state index in [0.717, 1.165) is 24.5 Å². The van der Waals surface area contributed by atoms with Crippen LogP contribution in [0.1, 0.15) is 32.8 Å². The van der Waals surface area contributed by atoms with Crippen LogP contribution in [0.15, 0.2) is 18.2 Å². The SMILES string of the molecule is Cc1c(Cl)cccc1N1C(C)CCNCC1(C)C. The number of halogens is 1. The summed E-state index contributed by atoms with van der Waals surface area (Å²) in [7, 11) is 0. The molecule has 1 saturated heterocycles. The van der Waals surface area contributed by atoms with Crippen LogP contribution < -0.4 is 10.2 Å². The average molecular weight is 267 g/mol. The second kappa shape index (κ2) is 5.10. The van der Waals surface area contributed by atoms with E-state index in [9.17, 15) is 0 Å². The molecule has 1 N–H and O–H groups in total. The predicted octanol–water partition coefficient (Wildman–Crippen LogP) is 3.62. The Labute approximate surface area is 115 Å². The predicted molar refractivity (Wildman–Crippen MR) is 79.7 cm³/mol. The highest BCUT2D eigenvalue weighted by Crippen LogP contribution is 2.34. The van der Waals surface area contributed by atoms with Gasteiger partial charge in [0.05, 0.1) is 0 Å². The van der Waals surface area contributed by atoms with E-state index < -0.39 is 0 Å². The molecule has 1 atom stereocenters. The second-order valence-electron chi connectivity index (χ2n) is 5.88. The Hall–Kier alpha value is -0.730. The van der Waals surface area contributed by atoms with Crippen molar-refractivity contribution in [3.05, 3.63) is 28.8 Å². The molecule has 1 aromatic rings. The van der Waals surface area contributed by atoms with Gasteiger partial charge in [0.1, 0.15) is 0 Å². The van der Waals surface area contributed by atoms with Crippen molar-refractivity contribution in [1.29, 1.82) is 0 Å². The van der Waals surface area contributed by atoms with E-state index >= 15 is 0 Å². The highest BCUT2D eigenvalue weighted by Gasteiger charge is 2.33.